The highest BCUT2D eigenvalue weighted by molar-refractivity contribution is 6.30. The Bertz CT molecular complexity index is 1020. The van der Waals surface area contributed by atoms with Crippen LogP contribution in [0.3, 0.4) is 0 Å². The summed E-state index contributed by atoms with van der Waals surface area (Å²) in [6.07, 6.45) is 0. The van der Waals surface area contributed by atoms with Crippen molar-refractivity contribution in [2.45, 2.75) is 0 Å². The normalized spacial score (nSPS) is 14.0. The Balaban J connectivity index is 1.45. The number of hydrogen-bond donors (Lipinski definition) is 1. The fraction of sp³-hybridized carbons (Fsp3) is 0.143. The van der Waals surface area contributed by atoms with Crippen molar-refractivity contribution >= 4 is 45.7 Å². The summed E-state index contributed by atoms with van der Waals surface area (Å²) in [6, 6.07) is 20.6. The van der Waals surface area contributed by atoms with Crippen LogP contribution in [0.2, 0.25) is 5.02 Å². The number of urea groups is 1. The quantitative estimate of drug-likeness (QED) is 0.731. The van der Waals surface area contributed by atoms with Gasteiger partial charge in [-0.2, -0.15) is 0 Å². The van der Waals surface area contributed by atoms with Crippen LogP contribution in [0, 0.1) is 0 Å². The lowest BCUT2D eigenvalue weighted by molar-refractivity contribution is -0.116. The smallest absolute Gasteiger partial charge is 0.324 e. The van der Waals surface area contributed by atoms with Gasteiger partial charge in [-0.05, 0) is 29.7 Å². The average molecular weight is 380 g/mol. The van der Waals surface area contributed by atoms with Crippen molar-refractivity contribution in [3.8, 4) is 0 Å². The van der Waals surface area contributed by atoms with E-state index in [1.165, 1.54) is 0 Å². The first-order valence-electron chi connectivity index (χ1n) is 8.71. The van der Waals surface area contributed by atoms with Gasteiger partial charge < -0.3 is 10.2 Å². The number of rotatable bonds is 4. The Morgan fingerprint density at radius 2 is 1.78 bits per heavy atom. The molecule has 1 N–H and O–H groups in total. The number of anilines is 2. The molecular weight excluding hydrogens is 362 g/mol. The van der Waals surface area contributed by atoms with Crippen molar-refractivity contribution in [3.63, 3.8) is 0 Å². The lowest BCUT2D eigenvalue weighted by Crippen LogP contribution is -2.37. The molecule has 0 spiro atoms. The van der Waals surface area contributed by atoms with E-state index in [0.717, 1.165) is 22.1 Å². The second-order valence-electron chi connectivity index (χ2n) is 6.41. The summed E-state index contributed by atoms with van der Waals surface area (Å²) in [5, 5.41) is 5.53. The number of benzene rings is 3. The van der Waals surface area contributed by atoms with Crippen molar-refractivity contribution in [2.75, 3.05) is 29.9 Å². The minimum atomic E-state index is -0.215. The van der Waals surface area contributed by atoms with Crippen LogP contribution in [-0.2, 0) is 4.79 Å². The van der Waals surface area contributed by atoms with Crippen LogP contribution in [0.4, 0.5) is 16.2 Å². The summed E-state index contributed by atoms with van der Waals surface area (Å²) >= 11 is 6.01. The van der Waals surface area contributed by atoms with E-state index < -0.39 is 0 Å². The maximum Gasteiger partial charge on any atom is 0.325 e. The van der Waals surface area contributed by atoms with E-state index in [2.05, 4.69) is 5.32 Å². The number of nitrogens with zero attached hydrogens (tertiary/aromatic N) is 2. The molecule has 0 bridgehead atoms. The number of carbonyl (C=O) groups excluding carboxylic acids is 2. The molecule has 3 aromatic carbocycles. The first-order valence-corrected chi connectivity index (χ1v) is 9.09. The van der Waals surface area contributed by atoms with E-state index in [9.17, 15) is 9.59 Å². The van der Waals surface area contributed by atoms with E-state index >= 15 is 0 Å². The van der Waals surface area contributed by atoms with Crippen LogP contribution in [0.15, 0.2) is 66.7 Å². The maximum atomic E-state index is 12.6. The first-order chi connectivity index (χ1) is 13.1. The lowest BCUT2D eigenvalue weighted by atomic mass is 10.1. The molecule has 0 radical (unpaired) electrons. The van der Waals surface area contributed by atoms with Crippen molar-refractivity contribution < 1.29 is 9.59 Å². The third kappa shape index (κ3) is 3.59. The Morgan fingerprint density at radius 1 is 1.00 bits per heavy atom. The fourth-order valence-corrected chi connectivity index (χ4v) is 3.49. The third-order valence-electron chi connectivity index (χ3n) is 4.61. The van der Waals surface area contributed by atoms with Gasteiger partial charge in [-0.25, -0.2) is 4.79 Å². The van der Waals surface area contributed by atoms with Gasteiger partial charge in [-0.15, -0.1) is 0 Å². The Labute approximate surface area is 162 Å². The van der Waals surface area contributed by atoms with E-state index in [1.54, 1.807) is 28.0 Å². The summed E-state index contributed by atoms with van der Waals surface area (Å²) in [4.78, 5) is 28.3. The van der Waals surface area contributed by atoms with Gasteiger partial charge in [0.25, 0.3) is 0 Å². The number of carbonyl (C=O) groups is 2. The predicted octanol–water partition coefficient (Wildman–Crippen LogP) is 4.37. The zero-order valence-corrected chi connectivity index (χ0v) is 15.3. The van der Waals surface area contributed by atoms with Crippen molar-refractivity contribution in [1.82, 2.24) is 4.90 Å². The standard InChI is InChI=1S/C21H18ClN3O2/c22-16-7-4-8-17(13-16)25-12-11-24(21(25)27)14-20(26)23-19-10-3-6-15-5-1-2-9-18(15)19/h1-10,13H,11-12,14H2,(H,23,26). The second kappa shape index (κ2) is 7.29. The van der Waals surface area contributed by atoms with E-state index in [-0.39, 0.29) is 18.5 Å². The number of fused-ring (bicyclic) bond motifs is 1. The average Bonchev–Trinajstić information content (AvgIpc) is 3.02. The Morgan fingerprint density at radius 3 is 2.63 bits per heavy atom. The highest BCUT2D eigenvalue weighted by Gasteiger charge is 2.30. The van der Waals surface area contributed by atoms with Crippen LogP contribution >= 0.6 is 11.6 Å². The van der Waals surface area contributed by atoms with Gasteiger partial charge in [0.15, 0.2) is 0 Å². The molecule has 1 aliphatic heterocycles. The highest BCUT2D eigenvalue weighted by Crippen LogP contribution is 2.25. The lowest BCUT2D eigenvalue weighted by Gasteiger charge is -2.19. The molecule has 1 aliphatic rings. The van der Waals surface area contributed by atoms with Crippen LogP contribution in [0.1, 0.15) is 0 Å². The molecule has 0 saturated carbocycles. The minimum Gasteiger partial charge on any atom is -0.324 e. The summed E-state index contributed by atoms with van der Waals surface area (Å²) in [5.41, 5.74) is 1.49. The molecular formula is C21H18ClN3O2. The third-order valence-corrected chi connectivity index (χ3v) is 4.85. The largest absolute Gasteiger partial charge is 0.325 e. The summed E-state index contributed by atoms with van der Waals surface area (Å²) in [5.74, 6) is -0.215. The van der Waals surface area contributed by atoms with Gasteiger partial charge in [-0.3, -0.25) is 9.69 Å². The molecule has 0 unspecified atom stereocenters. The molecule has 3 aromatic rings. The number of hydrogen-bond acceptors (Lipinski definition) is 2. The van der Waals surface area contributed by atoms with Crippen LogP contribution in [-0.4, -0.2) is 36.5 Å². The molecule has 4 rings (SSSR count). The zero-order valence-electron chi connectivity index (χ0n) is 14.6. The van der Waals surface area contributed by atoms with E-state index in [1.807, 2.05) is 48.5 Å². The van der Waals surface area contributed by atoms with Crippen LogP contribution in [0.5, 0.6) is 0 Å². The molecule has 5 nitrogen and oxygen atoms in total. The SMILES string of the molecule is O=C(CN1CCN(c2cccc(Cl)c2)C1=O)Nc1cccc2ccccc12. The van der Waals surface area contributed by atoms with Crippen molar-refractivity contribution in [3.05, 3.63) is 71.8 Å². The molecule has 1 heterocycles. The monoisotopic (exact) mass is 379 g/mol. The van der Waals surface area contributed by atoms with Gasteiger partial charge in [0, 0.05) is 34.9 Å². The Hall–Kier alpha value is -3.05. The summed E-state index contributed by atoms with van der Waals surface area (Å²) in [7, 11) is 0. The maximum absolute atomic E-state index is 12.6. The highest BCUT2D eigenvalue weighted by atomic mass is 35.5. The molecule has 0 atom stereocenters. The zero-order chi connectivity index (χ0) is 18.8. The molecule has 0 aliphatic carbocycles. The van der Waals surface area contributed by atoms with E-state index in [0.29, 0.717) is 18.1 Å². The minimum absolute atomic E-state index is 0.0130. The number of halogens is 1. The summed E-state index contributed by atoms with van der Waals surface area (Å²) < 4.78 is 0. The van der Waals surface area contributed by atoms with Gasteiger partial charge in [0.1, 0.15) is 6.54 Å². The van der Waals surface area contributed by atoms with Crippen LogP contribution < -0.4 is 10.2 Å². The van der Waals surface area contributed by atoms with Gasteiger partial charge >= 0.3 is 6.03 Å². The number of nitrogens with one attached hydrogen (secondary N) is 1. The van der Waals surface area contributed by atoms with Gasteiger partial charge in [-0.1, -0.05) is 54.1 Å². The molecule has 6 heteroatoms. The summed E-state index contributed by atoms with van der Waals surface area (Å²) in [6.45, 7) is 1.04. The van der Waals surface area contributed by atoms with Gasteiger partial charge in [0.2, 0.25) is 5.91 Å². The predicted molar refractivity (Wildman–Crippen MR) is 108 cm³/mol. The van der Waals surface area contributed by atoms with Gasteiger partial charge in [0.05, 0.1) is 0 Å². The molecule has 27 heavy (non-hydrogen) atoms. The fourth-order valence-electron chi connectivity index (χ4n) is 3.31. The Kier molecular flexibility index (Phi) is 4.69. The molecule has 0 aromatic heterocycles. The second-order valence-corrected chi connectivity index (χ2v) is 6.85. The van der Waals surface area contributed by atoms with Crippen LogP contribution in [0.25, 0.3) is 10.8 Å². The van der Waals surface area contributed by atoms with Crippen molar-refractivity contribution in [1.29, 1.82) is 0 Å². The molecule has 3 amide bonds. The van der Waals surface area contributed by atoms with Crippen molar-refractivity contribution in [2.24, 2.45) is 0 Å². The van der Waals surface area contributed by atoms with E-state index in [4.69, 9.17) is 11.6 Å². The molecule has 1 fully saturated rings. The molecule has 136 valence electrons. The first kappa shape index (κ1) is 17.4. The topological polar surface area (TPSA) is 52.7 Å². The number of amides is 3. The molecule has 1 saturated heterocycles.